The van der Waals surface area contributed by atoms with Crippen LogP contribution in [0.1, 0.15) is 15.9 Å². The van der Waals surface area contributed by atoms with Crippen molar-refractivity contribution in [3.05, 3.63) is 23.3 Å². The summed E-state index contributed by atoms with van der Waals surface area (Å²) in [6.07, 6.45) is 0. The molecule has 0 bridgehead atoms. The number of carbonyl (C=O) groups is 1. The third kappa shape index (κ3) is 1.72. The Labute approximate surface area is 75.9 Å². The van der Waals surface area contributed by atoms with Gasteiger partial charge in [-0.15, -0.1) is 0 Å². The minimum absolute atomic E-state index is 0.139. The number of methoxy groups -OCH3 is 1. The molecule has 0 atom stereocenters. The molecular weight excluding hydrogens is 170 g/mol. The zero-order valence-corrected chi connectivity index (χ0v) is 7.50. The fourth-order valence-corrected chi connectivity index (χ4v) is 1.04. The maximum absolute atomic E-state index is 10.6. The first-order chi connectivity index (χ1) is 6.06. The molecule has 0 aliphatic carbocycles. The molecule has 1 rings (SSSR count). The van der Waals surface area contributed by atoms with Crippen molar-refractivity contribution >= 4 is 11.7 Å². The molecule has 1 aromatic rings. The third-order valence-electron chi connectivity index (χ3n) is 1.87. The molecule has 13 heavy (non-hydrogen) atoms. The van der Waals surface area contributed by atoms with Crippen LogP contribution in [0.25, 0.3) is 0 Å². The second kappa shape index (κ2) is 3.35. The quantitative estimate of drug-likeness (QED) is 0.674. The van der Waals surface area contributed by atoms with E-state index in [4.69, 9.17) is 15.6 Å². The van der Waals surface area contributed by atoms with Gasteiger partial charge >= 0.3 is 5.97 Å². The average Bonchev–Trinajstić information content (AvgIpc) is 2.09. The van der Waals surface area contributed by atoms with Crippen LogP contribution in [-0.4, -0.2) is 18.2 Å². The van der Waals surface area contributed by atoms with Crippen molar-refractivity contribution in [2.24, 2.45) is 0 Å². The first-order valence-corrected chi connectivity index (χ1v) is 3.73. The van der Waals surface area contributed by atoms with Gasteiger partial charge in [0.1, 0.15) is 5.75 Å². The first-order valence-electron chi connectivity index (χ1n) is 3.73. The minimum atomic E-state index is -1.01. The monoisotopic (exact) mass is 181 g/mol. The molecule has 0 amide bonds. The number of hydrogen-bond donors (Lipinski definition) is 2. The smallest absolute Gasteiger partial charge is 0.335 e. The molecule has 0 saturated carbocycles. The van der Waals surface area contributed by atoms with Crippen molar-refractivity contribution in [1.29, 1.82) is 0 Å². The van der Waals surface area contributed by atoms with Gasteiger partial charge in [-0.05, 0) is 19.1 Å². The number of nitrogen functional groups attached to an aromatic ring is 1. The van der Waals surface area contributed by atoms with Crippen molar-refractivity contribution < 1.29 is 14.6 Å². The summed E-state index contributed by atoms with van der Waals surface area (Å²) in [5.41, 5.74) is 6.91. The van der Waals surface area contributed by atoms with Crippen LogP contribution < -0.4 is 10.5 Å². The van der Waals surface area contributed by atoms with E-state index in [1.54, 1.807) is 6.92 Å². The molecule has 0 spiro atoms. The molecule has 3 N–H and O–H groups in total. The van der Waals surface area contributed by atoms with Gasteiger partial charge in [-0.1, -0.05) is 0 Å². The number of anilines is 1. The summed E-state index contributed by atoms with van der Waals surface area (Å²) in [4.78, 5) is 10.6. The molecule has 0 saturated heterocycles. The second-order valence-corrected chi connectivity index (χ2v) is 2.70. The predicted octanol–water partition coefficient (Wildman–Crippen LogP) is 1.28. The van der Waals surface area contributed by atoms with Gasteiger partial charge in [-0.2, -0.15) is 0 Å². The standard InChI is InChI=1S/C9H11NO3/c1-5-7(10)3-6(9(11)12)4-8(5)13-2/h3-4H,10H2,1-2H3,(H,11,12). The van der Waals surface area contributed by atoms with E-state index in [1.807, 2.05) is 0 Å². The summed E-state index contributed by atoms with van der Waals surface area (Å²) in [6, 6.07) is 2.87. The van der Waals surface area contributed by atoms with Gasteiger partial charge in [0.2, 0.25) is 0 Å². The molecule has 0 unspecified atom stereocenters. The van der Waals surface area contributed by atoms with Crippen LogP contribution in [0.15, 0.2) is 12.1 Å². The van der Waals surface area contributed by atoms with E-state index in [2.05, 4.69) is 0 Å². The Morgan fingerprint density at radius 2 is 2.15 bits per heavy atom. The van der Waals surface area contributed by atoms with E-state index in [0.29, 0.717) is 11.4 Å². The van der Waals surface area contributed by atoms with E-state index < -0.39 is 5.97 Å². The highest BCUT2D eigenvalue weighted by Gasteiger charge is 2.09. The summed E-state index contributed by atoms with van der Waals surface area (Å²) >= 11 is 0. The van der Waals surface area contributed by atoms with E-state index in [0.717, 1.165) is 5.56 Å². The lowest BCUT2D eigenvalue weighted by Gasteiger charge is -2.08. The maximum atomic E-state index is 10.6. The Hall–Kier alpha value is -1.71. The fraction of sp³-hybridized carbons (Fsp3) is 0.222. The minimum Gasteiger partial charge on any atom is -0.496 e. The summed E-state index contributed by atoms with van der Waals surface area (Å²) in [7, 11) is 1.48. The van der Waals surface area contributed by atoms with Gasteiger partial charge in [0, 0.05) is 11.3 Å². The van der Waals surface area contributed by atoms with Gasteiger partial charge in [-0.25, -0.2) is 4.79 Å². The molecule has 0 aliphatic heterocycles. The topological polar surface area (TPSA) is 72.5 Å². The maximum Gasteiger partial charge on any atom is 0.335 e. The molecule has 0 aromatic heterocycles. The van der Waals surface area contributed by atoms with E-state index in [1.165, 1.54) is 19.2 Å². The van der Waals surface area contributed by atoms with Crippen LogP contribution in [0.4, 0.5) is 5.69 Å². The largest absolute Gasteiger partial charge is 0.496 e. The molecule has 0 heterocycles. The molecule has 0 radical (unpaired) electrons. The molecule has 70 valence electrons. The summed E-state index contributed by atoms with van der Waals surface area (Å²) < 4.78 is 4.97. The molecule has 4 heteroatoms. The Morgan fingerprint density at radius 3 is 2.62 bits per heavy atom. The molecule has 1 aromatic carbocycles. The van der Waals surface area contributed by atoms with Crippen LogP contribution in [0.5, 0.6) is 5.75 Å². The predicted molar refractivity (Wildman–Crippen MR) is 49.1 cm³/mol. The fourth-order valence-electron chi connectivity index (χ4n) is 1.04. The Morgan fingerprint density at radius 1 is 1.54 bits per heavy atom. The first kappa shape index (κ1) is 9.38. The van der Waals surface area contributed by atoms with Gasteiger partial charge in [0.05, 0.1) is 12.7 Å². The van der Waals surface area contributed by atoms with Crippen molar-refractivity contribution in [3.63, 3.8) is 0 Å². The summed E-state index contributed by atoms with van der Waals surface area (Å²) in [5.74, 6) is -0.512. The van der Waals surface area contributed by atoms with Crippen molar-refractivity contribution in [2.45, 2.75) is 6.92 Å². The van der Waals surface area contributed by atoms with Crippen LogP contribution in [0.2, 0.25) is 0 Å². The average molecular weight is 181 g/mol. The number of carboxylic acid groups (broad SMARTS) is 1. The van der Waals surface area contributed by atoms with Gasteiger partial charge in [0.15, 0.2) is 0 Å². The molecule has 0 aliphatic rings. The number of carboxylic acids is 1. The van der Waals surface area contributed by atoms with E-state index in [-0.39, 0.29) is 5.56 Å². The highest BCUT2D eigenvalue weighted by Crippen LogP contribution is 2.25. The zero-order valence-electron chi connectivity index (χ0n) is 7.50. The Bertz CT molecular complexity index is 347. The zero-order chi connectivity index (χ0) is 10.0. The Kier molecular flexibility index (Phi) is 2.41. The Balaban J connectivity index is 3.30. The number of benzene rings is 1. The second-order valence-electron chi connectivity index (χ2n) is 2.70. The van der Waals surface area contributed by atoms with Gasteiger partial charge in [0.25, 0.3) is 0 Å². The SMILES string of the molecule is COc1cc(C(=O)O)cc(N)c1C. The number of rotatable bonds is 2. The van der Waals surface area contributed by atoms with E-state index in [9.17, 15) is 4.79 Å². The molecular formula is C9H11NO3. The number of aromatic carboxylic acids is 1. The summed E-state index contributed by atoms with van der Waals surface area (Å²) in [6.45, 7) is 1.78. The number of hydrogen-bond acceptors (Lipinski definition) is 3. The molecule has 0 fully saturated rings. The normalized spacial score (nSPS) is 9.69. The van der Waals surface area contributed by atoms with Gasteiger partial charge in [-0.3, -0.25) is 0 Å². The highest BCUT2D eigenvalue weighted by molar-refractivity contribution is 5.89. The van der Waals surface area contributed by atoms with Crippen LogP contribution in [0, 0.1) is 6.92 Å². The van der Waals surface area contributed by atoms with Crippen molar-refractivity contribution in [2.75, 3.05) is 12.8 Å². The lowest BCUT2D eigenvalue weighted by molar-refractivity contribution is 0.0696. The lowest BCUT2D eigenvalue weighted by atomic mass is 10.1. The van der Waals surface area contributed by atoms with Crippen LogP contribution in [0.3, 0.4) is 0 Å². The van der Waals surface area contributed by atoms with E-state index >= 15 is 0 Å². The van der Waals surface area contributed by atoms with Crippen molar-refractivity contribution in [3.8, 4) is 5.75 Å². The number of nitrogens with two attached hydrogens (primary N) is 1. The van der Waals surface area contributed by atoms with Crippen molar-refractivity contribution in [1.82, 2.24) is 0 Å². The van der Waals surface area contributed by atoms with Crippen LogP contribution in [-0.2, 0) is 0 Å². The molecule has 4 nitrogen and oxygen atoms in total. The number of ether oxygens (including phenoxy) is 1. The van der Waals surface area contributed by atoms with Gasteiger partial charge < -0.3 is 15.6 Å². The summed E-state index contributed by atoms with van der Waals surface area (Å²) in [5, 5.41) is 8.71. The van der Waals surface area contributed by atoms with Crippen LogP contribution >= 0.6 is 0 Å². The third-order valence-corrected chi connectivity index (χ3v) is 1.87. The highest BCUT2D eigenvalue weighted by atomic mass is 16.5. The lowest BCUT2D eigenvalue weighted by Crippen LogP contribution is -2.01.